The number of nitrogens with one attached hydrogen (secondary N) is 2. The van der Waals surface area contributed by atoms with Gasteiger partial charge in [-0.15, -0.1) is 11.3 Å². The summed E-state index contributed by atoms with van der Waals surface area (Å²) in [5.41, 5.74) is 0.453. The molecular formula is C20H15F4N3O2S. The van der Waals surface area contributed by atoms with Crippen molar-refractivity contribution in [1.82, 2.24) is 10.3 Å². The van der Waals surface area contributed by atoms with Crippen LogP contribution in [0.5, 0.6) is 0 Å². The monoisotopic (exact) mass is 437 g/mol. The fraction of sp³-hybridized carbons (Fsp3) is 0.150. The number of rotatable bonds is 6. The molecule has 30 heavy (non-hydrogen) atoms. The lowest BCUT2D eigenvalue weighted by Crippen LogP contribution is -2.28. The molecule has 0 saturated carbocycles. The Morgan fingerprint density at radius 3 is 2.47 bits per heavy atom. The third-order valence-corrected chi connectivity index (χ3v) is 4.94. The summed E-state index contributed by atoms with van der Waals surface area (Å²) in [5.74, 6) is -5.00. The van der Waals surface area contributed by atoms with E-state index in [0.29, 0.717) is 22.2 Å². The van der Waals surface area contributed by atoms with Gasteiger partial charge >= 0.3 is 0 Å². The van der Waals surface area contributed by atoms with Gasteiger partial charge in [0.1, 0.15) is 11.6 Å². The van der Waals surface area contributed by atoms with E-state index in [2.05, 4.69) is 15.6 Å². The lowest BCUT2D eigenvalue weighted by atomic mass is 10.1. The fourth-order valence-corrected chi connectivity index (χ4v) is 3.45. The number of nitrogens with zero attached hydrogens (tertiary/aromatic N) is 1. The summed E-state index contributed by atoms with van der Waals surface area (Å²) in [6.07, 6.45) is -0.117. The van der Waals surface area contributed by atoms with Crippen LogP contribution in [0.4, 0.5) is 22.7 Å². The Balaban J connectivity index is 1.56. The van der Waals surface area contributed by atoms with Crippen molar-refractivity contribution in [1.29, 1.82) is 0 Å². The van der Waals surface area contributed by atoms with E-state index in [0.717, 1.165) is 35.6 Å². The minimum absolute atomic E-state index is 0.0815. The first-order valence-corrected chi connectivity index (χ1v) is 9.52. The second kappa shape index (κ2) is 9.04. The zero-order valence-corrected chi connectivity index (χ0v) is 16.4. The zero-order valence-electron chi connectivity index (χ0n) is 15.6. The van der Waals surface area contributed by atoms with Crippen molar-refractivity contribution in [2.75, 3.05) is 11.9 Å². The summed E-state index contributed by atoms with van der Waals surface area (Å²) >= 11 is 1.16. The Hall–Kier alpha value is -3.27. The molecule has 3 rings (SSSR count). The van der Waals surface area contributed by atoms with Gasteiger partial charge in [-0.2, -0.15) is 0 Å². The Bertz CT molecular complexity index is 1120. The summed E-state index contributed by atoms with van der Waals surface area (Å²) in [4.78, 5) is 28.9. The van der Waals surface area contributed by atoms with Crippen molar-refractivity contribution in [3.8, 4) is 11.3 Å². The molecule has 3 aromatic rings. The fourth-order valence-electron chi connectivity index (χ4n) is 2.60. The van der Waals surface area contributed by atoms with Crippen LogP contribution in [-0.4, -0.2) is 23.3 Å². The van der Waals surface area contributed by atoms with Gasteiger partial charge in [-0.25, -0.2) is 22.5 Å². The maximum Gasteiger partial charge on any atom is 0.254 e. The number of aromatic nitrogens is 1. The number of halogens is 4. The summed E-state index contributed by atoms with van der Waals surface area (Å²) < 4.78 is 53.0. The van der Waals surface area contributed by atoms with Crippen LogP contribution in [0.3, 0.4) is 0 Å². The van der Waals surface area contributed by atoms with E-state index in [1.165, 1.54) is 6.07 Å². The molecule has 0 aliphatic rings. The minimum Gasteiger partial charge on any atom is -0.351 e. The normalized spacial score (nSPS) is 10.7. The molecule has 0 saturated heterocycles. The molecule has 156 valence electrons. The van der Waals surface area contributed by atoms with E-state index in [1.54, 1.807) is 6.92 Å². The highest BCUT2D eigenvalue weighted by atomic mass is 32.1. The molecule has 5 nitrogen and oxygen atoms in total. The van der Waals surface area contributed by atoms with E-state index in [-0.39, 0.29) is 23.7 Å². The largest absolute Gasteiger partial charge is 0.351 e. The number of hydrogen-bond donors (Lipinski definition) is 2. The third-order valence-electron chi connectivity index (χ3n) is 4.05. The number of aryl methyl sites for hydroxylation is 1. The summed E-state index contributed by atoms with van der Waals surface area (Å²) in [5, 5.41) is 5.19. The smallest absolute Gasteiger partial charge is 0.254 e. The molecule has 0 spiro atoms. The first-order chi connectivity index (χ1) is 14.2. The highest BCUT2D eigenvalue weighted by molar-refractivity contribution is 7.16. The van der Waals surface area contributed by atoms with Crippen molar-refractivity contribution >= 4 is 28.3 Å². The second-order valence-electron chi connectivity index (χ2n) is 6.23. The van der Waals surface area contributed by atoms with Crippen LogP contribution in [0.1, 0.15) is 21.7 Å². The first-order valence-electron chi connectivity index (χ1n) is 8.70. The number of carbonyl (C=O) groups is 2. The van der Waals surface area contributed by atoms with E-state index >= 15 is 0 Å². The van der Waals surface area contributed by atoms with Gasteiger partial charge < -0.3 is 10.6 Å². The average molecular weight is 437 g/mol. The van der Waals surface area contributed by atoms with Crippen LogP contribution < -0.4 is 10.6 Å². The minimum atomic E-state index is -1.00. The second-order valence-corrected chi connectivity index (χ2v) is 7.43. The van der Waals surface area contributed by atoms with Crippen molar-refractivity contribution in [3.63, 3.8) is 0 Å². The summed E-state index contributed by atoms with van der Waals surface area (Å²) in [6, 6.07) is 5.97. The molecule has 0 atom stereocenters. The van der Waals surface area contributed by atoms with Crippen LogP contribution in [-0.2, 0) is 4.79 Å². The van der Waals surface area contributed by atoms with E-state index < -0.39 is 35.1 Å². The predicted molar refractivity (Wildman–Crippen MR) is 104 cm³/mol. The molecule has 0 bridgehead atoms. The van der Waals surface area contributed by atoms with Crippen LogP contribution in [0.15, 0.2) is 36.4 Å². The predicted octanol–water partition coefficient (Wildman–Crippen LogP) is 4.43. The van der Waals surface area contributed by atoms with Gasteiger partial charge in [0.15, 0.2) is 16.8 Å². The number of thiazole rings is 1. The molecule has 1 heterocycles. The van der Waals surface area contributed by atoms with Gasteiger partial charge in [-0.3, -0.25) is 9.59 Å². The molecule has 0 radical (unpaired) electrons. The molecule has 10 heteroatoms. The highest BCUT2D eigenvalue weighted by Crippen LogP contribution is 2.31. The van der Waals surface area contributed by atoms with Gasteiger partial charge in [0.05, 0.1) is 11.3 Å². The van der Waals surface area contributed by atoms with Gasteiger partial charge in [-0.1, -0.05) is 0 Å². The van der Waals surface area contributed by atoms with Gasteiger partial charge in [0.2, 0.25) is 5.91 Å². The van der Waals surface area contributed by atoms with Crippen LogP contribution in [0.2, 0.25) is 0 Å². The molecular weight excluding hydrogens is 422 g/mol. The topological polar surface area (TPSA) is 71.1 Å². The Morgan fingerprint density at radius 1 is 1.00 bits per heavy atom. The molecule has 2 N–H and O–H groups in total. The summed E-state index contributed by atoms with van der Waals surface area (Å²) in [7, 11) is 0. The van der Waals surface area contributed by atoms with Crippen LogP contribution in [0, 0.1) is 30.2 Å². The molecule has 0 aliphatic heterocycles. The quantitative estimate of drug-likeness (QED) is 0.561. The molecule has 0 unspecified atom stereocenters. The van der Waals surface area contributed by atoms with Crippen LogP contribution in [0.25, 0.3) is 11.3 Å². The van der Waals surface area contributed by atoms with Crippen molar-refractivity contribution in [3.05, 3.63) is 70.1 Å². The number of benzene rings is 2. The summed E-state index contributed by atoms with van der Waals surface area (Å²) in [6.45, 7) is 1.64. The van der Waals surface area contributed by atoms with Crippen molar-refractivity contribution in [2.45, 2.75) is 13.3 Å². The van der Waals surface area contributed by atoms with E-state index in [1.807, 2.05) is 0 Å². The Kier molecular flexibility index (Phi) is 6.46. The van der Waals surface area contributed by atoms with Gasteiger partial charge in [0, 0.05) is 29.5 Å². The van der Waals surface area contributed by atoms with Crippen molar-refractivity contribution < 1.29 is 27.2 Å². The lowest BCUT2D eigenvalue weighted by molar-refractivity contribution is -0.116. The highest BCUT2D eigenvalue weighted by Gasteiger charge is 2.15. The standard InChI is InChI=1S/C20H15F4N3O2S/c1-10-18(11-2-5-14(22)16(24)8-11)27-20(30-10)26-17(28)6-7-25-19(29)13-4-3-12(21)9-15(13)23/h2-5,8-9H,6-7H2,1H3,(H,25,29)(H,26,27,28). The average Bonchev–Trinajstić information content (AvgIpc) is 3.03. The van der Waals surface area contributed by atoms with E-state index in [9.17, 15) is 27.2 Å². The number of amides is 2. The van der Waals surface area contributed by atoms with Gasteiger partial charge in [-0.05, 0) is 37.3 Å². The number of anilines is 1. The van der Waals surface area contributed by atoms with Crippen LogP contribution >= 0.6 is 11.3 Å². The third kappa shape index (κ3) is 5.01. The van der Waals surface area contributed by atoms with E-state index in [4.69, 9.17) is 0 Å². The Morgan fingerprint density at radius 2 is 1.77 bits per heavy atom. The molecule has 0 fully saturated rings. The molecule has 2 aromatic carbocycles. The van der Waals surface area contributed by atoms with Gasteiger partial charge in [0.25, 0.3) is 5.91 Å². The maximum absolute atomic E-state index is 13.6. The molecule has 2 amide bonds. The Labute approximate surface area is 172 Å². The zero-order chi connectivity index (χ0) is 21.8. The molecule has 0 aliphatic carbocycles. The maximum atomic E-state index is 13.6. The lowest BCUT2D eigenvalue weighted by Gasteiger charge is -2.06. The number of hydrogen-bond acceptors (Lipinski definition) is 4. The molecule has 1 aromatic heterocycles. The van der Waals surface area contributed by atoms with Crippen molar-refractivity contribution in [2.24, 2.45) is 0 Å². The first kappa shape index (κ1) is 21.4. The SMILES string of the molecule is Cc1sc(NC(=O)CCNC(=O)c2ccc(F)cc2F)nc1-c1ccc(F)c(F)c1. The number of carbonyl (C=O) groups excluding carboxylic acids is 2.